The van der Waals surface area contributed by atoms with E-state index in [1.54, 1.807) is 12.1 Å². The van der Waals surface area contributed by atoms with Gasteiger partial charge in [0.15, 0.2) is 0 Å². The van der Waals surface area contributed by atoms with Crippen molar-refractivity contribution in [1.29, 1.82) is 0 Å². The molecule has 2 rings (SSSR count). The summed E-state index contributed by atoms with van der Waals surface area (Å²) in [5.74, 6) is 0.330. The molecule has 1 aromatic carbocycles. The highest BCUT2D eigenvalue weighted by Gasteiger charge is 2.18. The van der Waals surface area contributed by atoms with E-state index in [-0.39, 0.29) is 18.0 Å². The van der Waals surface area contributed by atoms with Gasteiger partial charge in [-0.25, -0.2) is 0 Å². The smallest absolute Gasteiger partial charge is 0.244 e. The van der Waals surface area contributed by atoms with Gasteiger partial charge in [0.1, 0.15) is 6.54 Å². The predicted octanol–water partition coefficient (Wildman–Crippen LogP) is 2.30. The van der Waals surface area contributed by atoms with E-state index in [1.165, 1.54) is 4.80 Å². The van der Waals surface area contributed by atoms with Gasteiger partial charge in [-0.3, -0.25) is 4.79 Å². The van der Waals surface area contributed by atoms with Crippen molar-refractivity contribution >= 4 is 17.5 Å². The topological polar surface area (TPSA) is 72.7 Å². The molecule has 21 heavy (non-hydrogen) atoms. The monoisotopic (exact) mass is 307 g/mol. The van der Waals surface area contributed by atoms with Crippen molar-refractivity contribution in [2.75, 3.05) is 0 Å². The van der Waals surface area contributed by atoms with Gasteiger partial charge in [0.2, 0.25) is 11.7 Å². The van der Waals surface area contributed by atoms with E-state index in [0.29, 0.717) is 10.8 Å². The molecule has 2 aromatic rings. The van der Waals surface area contributed by atoms with Gasteiger partial charge in [-0.15, -0.1) is 10.2 Å². The van der Waals surface area contributed by atoms with Crippen LogP contribution in [0.25, 0.3) is 11.4 Å². The van der Waals surface area contributed by atoms with E-state index in [0.717, 1.165) is 12.0 Å². The summed E-state index contributed by atoms with van der Waals surface area (Å²) in [5, 5.41) is 15.6. The average molecular weight is 308 g/mol. The van der Waals surface area contributed by atoms with E-state index in [4.69, 9.17) is 11.6 Å². The minimum absolute atomic E-state index is 0.0457. The van der Waals surface area contributed by atoms with Crippen LogP contribution < -0.4 is 5.32 Å². The van der Waals surface area contributed by atoms with Gasteiger partial charge in [-0.05, 0) is 49.7 Å². The number of carbonyl (C=O) groups excluding carboxylic acids is 1. The number of nitrogens with zero attached hydrogens (tertiary/aromatic N) is 4. The zero-order valence-electron chi connectivity index (χ0n) is 12.3. The van der Waals surface area contributed by atoms with Crippen molar-refractivity contribution in [2.24, 2.45) is 0 Å². The third-order valence-corrected chi connectivity index (χ3v) is 3.45. The molecule has 0 radical (unpaired) electrons. The van der Waals surface area contributed by atoms with Crippen LogP contribution in [0.4, 0.5) is 0 Å². The highest BCUT2D eigenvalue weighted by Crippen LogP contribution is 2.16. The Morgan fingerprint density at radius 1 is 1.33 bits per heavy atom. The van der Waals surface area contributed by atoms with Crippen molar-refractivity contribution in [3.05, 3.63) is 29.3 Å². The summed E-state index contributed by atoms with van der Waals surface area (Å²) >= 11 is 5.83. The van der Waals surface area contributed by atoms with Crippen LogP contribution >= 0.6 is 11.6 Å². The van der Waals surface area contributed by atoms with Gasteiger partial charge >= 0.3 is 0 Å². The molecule has 0 aliphatic heterocycles. The number of hydrogen-bond acceptors (Lipinski definition) is 4. The Morgan fingerprint density at radius 3 is 2.62 bits per heavy atom. The lowest BCUT2D eigenvalue weighted by atomic mass is 10.0. The average Bonchev–Trinajstić information content (AvgIpc) is 2.87. The summed E-state index contributed by atoms with van der Waals surface area (Å²) < 4.78 is 0. The lowest BCUT2D eigenvalue weighted by molar-refractivity contribution is -0.123. The molecular weight excluding hydrogens is 290 g/mol. The first-order chi connectivity index (χ1) is 9.89. The maximum absolute atomic E-state index is 11.9. The Bertz CT molecular complexity index is 621. The maximum Gasteiger partial charge on any atom is 0.244 e. The Hall–Kier alpha value is -1.95. The van der Waals surface area contributed by atoms with Crippen molar-refractivity contribution in [3.8, 4) is 11.4 Å². The SMILES string of the molecule is CCC(C)(C)NC(=O)Cn1nnc(-c2ccc(Cl)cc2)n1. The quantitative estimate of drug-likeness (QED) is 0.920. The number of benzene rings is 1. The van der Waals surface area contributed by atoms with E-state index >= 15 is 0 Å². The third kappa shape index (κ3) is 4.26. The van der Waals surface area contributed by atoms with Crippen LogP contribution in [0.15, 0.2) is 24.3 Å². The third-order valence-electron chi connectivity index (χ3n) is 3.20. The highest BCUT2D eigenvalue weighted by molar-refractivity contribution is 6.30. The van der Waals surface area contributed by atoms with Crippen LogP contribution in [0.1, 0.15) is 27.2 Å². The van der Waals surface area contributed by atoms with Crippen LogP contribution in [-0.2, 0) is 11.3 Å². The number of amides is 1. The van der Waals surface area contributed by atoms with E-state index < -0.39 is 0 Å². The first-order valence-electron chi connectivity index (χ1n) is 6.74. The normalized spacial score (nSPS) is 11.4. The van der Waals surface area contributed by atoms with Crippen LogP contribution in [0.3, 0.4) is 0 Å². The second-order valence-electron chi connectivity index (χ2n) is 5.44. The molecule has 0 spiro atoms. The fourth-order valence-electron chi connectivity index (χ4n) is 1.66. The fraction of sp³-hybridized carbons (Fsp3) is 0.429. The summed E-state index contributed by atoms with van der Waals surface area (Å²) in [7, 11) is 0. The number of nitrogens with one attached hydrogen (secondary N) is 1. The number of hydrogen-bond donors (Lipinski definition) is 1. The standard InChI is InChI=1S/C14H18ClN5O/c1-4-14(2,3)16-12(21)9-20-18-13(17-19-20)10-5-7-11(15)8-6-10/h5-8H,4,9H2,1-3H3,(H,16,21). The van der Waals surface area contributed by atoms with Gasteiger partial charge < -0.3 is 5.32 Å². The number of aromatic nitrogens is 4. The molecule has 1 amide bonds. The predicted molar refractivity (Wildman–Crippen MR) is 80.8 cm³/mol. The van der Waals surface area contributed by atoms with Crippen LogP contribution in [0, 0.1) is 0 Å². The lowest BCUT2D eigenvalue weighted by Crippen LogP contribution is -2.44. The zero-order chi connectivity index (χ0) is 15.5. The molecule has 0 saturated carbocycles. The molecular formula is C14H18ClN5O. The summed E-state index contributed by atoms with van der Waals surface area (Å²) in [6.45, 7) is 6.01. The number of tetrazole rings is 1. The maximum atomic E-state index is 11.9. The Morgan fingerprint density at radius 2 is 2.00 bits per heavy atom. The van der Waals surface area contributed by atoms with Gasteiger partial charge in [0.05, 0.1) is 0 Å². The molecule has 0 atom stereocenters. The second-order valence-corrected chi connectivity index (χ2v) is 5.87. The molecule has 7 heteroatoms. The molecule has 1 heterocycles. The van der Waals surface area contributed by atoms with Crippen molar-refractivity contribution in [1.82, 2.24) is 25.5 Å². The van der Waals surface area contributed by atoms with E-state index in [9.17, 15) is 4.79 Å². The van der Waals surface area contributed by atoms with Crippen LogP contribution in [-0.4, -0.2) is 31.7 Å². The summed E-state index contributed by atoms with van der Waals surface area (Å²) in [6.07, 6.45) is 0.847. The minimum Gasteiger partial charge on any atom is -0.350 e. The zero-order valence-corrected chi connectivity index (χ0v) is 13.1. The Balaban J connectivity index is 2.03. The number of rotatable bonds is 5. The van der Waals surface area contributed by atoms with Crippen LogP contribution in [0.5, 0.6) is 0 Å². The molecule has 0 unspecified atom stereocenters. The van der Waals surface area contributed by atoms with Crippen molar-refractivity contribution in [3.63, 3.8) is 0 Å². The number of carbonyl (C=O) groups is 1. The lowest BCUT2D eigenvalue weighted by Gasteiger charge is -2.24. The summed E-state index contributed by atoms with van der Waals surface area (Å²) in [4.78, 5) is 13.2. The molecule has 0 aliphatic carbocycles. The first-order valence-corrected chi connectivity index (χ1v) is 7.12. The Kier molecular flexibility index (Phi) is 4.57. The Labute approximate surface area is 128 Å². The molecule has 1 N–H and O–H groups in total. The van der Waals surface area contributed by atoms with Crippen molar-refractivity contribution in [2.45, 2.75) is 39.3 Å². The number of halogens is 1. The van der Waals surface area contributed by atoms with Gasteiger partial charge in [0, 0.05) is 16.1 Å². The largest absolute Gasteiger partial charge is 0.350 e. The molecule has 0 bridgehead atoms. The molecule has 0 saturated heterocycles. The molecule has 6 nitrogen and oxygen atoms in total. The van der Waals surface area contributed by atoms with Crippen LogP contribution in [0.2, 0.25) is 5.02 Å². The summed E-state index contributed by atoms with van der Waals surface area (Å²) in [6, 6.07) is 7.13. The molecule has 0 aliphatic rings. The molecule has 1 aromatic heterocycles. The van der Waals surface area contributed by atoms with Gasteiger partial charge in [-0.1, -0.05) is 18.5 Å². The summed E-state index contributed by atoms with van der Waals surface area (Å²) in [5.41, 5.74) is 0.566. The van der Waals surface area contributed by atoms with E-state index in [2.05, 4.69) is 20.7 Å². The first kappa shape index (κ1) is 15.4. The fourth-order valence-corrected chi connectivity index (χ4v) is 1.78. The van der Waals surface area contributed by atoms with Crippen molar-refractivity contribution < 1.29 is 4.79 Å². The molecule has 112 valence electrons. The second kappa shape index (κ2) is 6.22. The highest BCUT2D eigenvalue weighted by atomic mass is 35.5. The van der Waals surface area contributed by atoms with Gasteiger partial charge in [0.25, 0.3) is 0 Å². The molecule has 0 fully saturated rings. The minimum atomic E-state index is -0.239. The van der Waals surface area contributed by atoms with E-state index in [1.807, 2.05) is 32.9 Å². The van der Waals surface area contributed by atoms with Gasteiger partial charge in [-0.2, -0.15) is 4.80 Å².